The Morgan fingerprint density at radius 2 is 1.75 bits per heavy atom. The van der Waals surface area contributed by atoms with E-state index in [1.54, 1.807) is 18.2 Å². The van der Waals surface area contributed by atoms with Crippen LogP contribution in [0.3, 0.4) is 0 Å². The fourth-order valence-corrected chi connectivity index (χ4v) is 4.12. The van der Waals surface area contributed by atoms with E-state index in [2.05, 4.69) is 5.32 Å². The van der Waals surface area contributed by atoms with Crippen molar-refractivity contribution in [2.75, 3.05) is 13.2 Å². The van der Waals surface area contributed by atoms with Crippen molar-refractivity contribution in [2.45, 2.75) is 38.8 Å². The first-order valence-electron chi connectivity index (χ1n) is 11.8. The number of nitrogens with one attached hydrogen (secondary N) is 1. The van der Waals surface area contributed by atoms with Gasteiger partial charge in [-0.25, -0.2) is 4.39 Å². The lowest BCUT2D eigenvalue weighted by atomic mass is 10.0. The molecule has 0 bridgehead atoms. The Kier molecular flexibility index (Phi) is 10.6. The molecule has 0 aliphatic heterocycles. The van der Waals surface area contributed by atoms with Crippen LogP contribution >= 0.6 is 23.2 Å². The topological polar surface area (TPSA) is 58.6 Å². The molecule has 0 saturated carbocycles. The lowest BCUT2D eigenvalue weighted by molar-refractivity contribution is -0.142. The Morgan fingerprint density at radius 1 is 1.03 bits per heavy atom. The van der Waals surface area contributed by atoms with Gasteiger partial charge in [-0.2, -0.15) is 0 Å². The lowest BCUT2D eigenvalue weighted by Crippen LogP contribution is -2.51. The van der Waals surface area contributed by atoms with Gasteiger partial charge in [0.2, 0.25) is 5.91 Å². The standard InChI is InChI=1S/C28H29Cl2FN2O3/c1-2-3-15-32-28(35)26(16-20-7-5-4-6-8-20)33(18-21-9-10-22(29)17-25(21)30)27(34)19-36-24-13-11-23(31)12-14-24/h4-14,17,26H,2-3,15-16,18-19H2,1H3,(H,32,35). The number of unbranched alkanes of at least 4 members (excludes halogenated alkanes) is 1. The predicted octanol–water partition coefficient (Wildman–Crippen LogP) is 6.07. The van der Waals surface area contributed by atoms with Crippen molar-refractivity contribution < 1.29 is 18.7 Å². The van der Waals surface area contributed by atoms with Crippen LogP contribution in [0.2, 0.25) is 10.0 Å². The van der Waals surface area contributed by atoms with Crippen LogP contribution in [0.4, 0.5) is 4.39 Å². The van der Waals surface area contributed by atoms with Crippen molar-refractivity contribution in [1.29, 1.82) is 0 Å². The molecule has 0 radical (unpaired) electrons. The molecule has 0 saturated heterocycles. The van der Waals surface area contributed by atoms with Crippen molar-refractivity contribution >= 4 is 35.0 Å². The summed E-state index contributed by atoms with van der Waals surface area (Å²) in [6.07, 6.45) is 2.07. The molecule has 1 unspecified atom stereocenters. The molecule has 0 aliphatic carbocycles. The summed E-state index contributed by atoms with van der Waals surface area (Å²) in [5, 5.41) is 3.82. The van der Waals surface area contributed by atoms with E-state index in [0.29, 0.717) is 34.3 Å². The first-order chi connectivity index (χ1) is 17.4. The Bertz CT molecular complexity index is 1140. The Morgan fingerprint density at radius 3 is 2.42 bits per heavy atom. The second-order valence-corrected chi connectivity index (χ2v) is 9.19. The van der Waals surface area contributed by atoms with Crippen molar-refractivity contribution in [2.24, 2.45) is 0 Å². The number of nitrogens with zero attached hydrogens (tertiary/aromatic N) is 1. The number of rotatable bonds is 12. The molecule has 5 nitrogen and oxygen atoms in total. The largest absolute Gasteiger partial charge is 0.484 e. The van der Waals surface area contributed by atoms with Gasteiger partial charge in [-0.3, -0.25) is 9.59 Å². The van der Waals surface area contributed by atoms with Gasteiger partial charge < -0.3 is 15.0 Å². The third kappa shape index (κ3) is 8.25. The highest BCUT2D eigenvalue weighted by Crippen LogP contribution is 2.24. The number of hydrogen-bond donors (Lipinski definition) is 1. The highest BCUT2D eigenvalue weighted by Gasteiger charge is 2.31. The third-order valence-electron chi connectivity index (χ3n) is 5.63. The summed E-state index contributed by atoms with van der Waals surface area (Å²) in [5.74, 6) is -0.718. The molecule has 0 aliphatic rings. The minimum atomic E-state index is -0.805. The smallest absolute Gasteiger partial charge is 0.261 e. The van der Waals surface area contributed by atoms with Gasteiger partial charge in [0, 0.05) is 29.6 Å². The van der Waals surface area contributed by atoms with Gasteiger partial charge in [0.1, 0.15) is 17.6 Å². The van der Waals surface area contributed by atoms with Crippen LogP contribution in [-0.4, -0.2) is 35.9 Å². The molecule has 190 valence electrons. The second-order valence-electron chi connectivity index (χ2n) is 8.35. The van der Waals surface area contributed by atoms with Crippen LogP contribution in [0.25, 0.3) is 0 Å². The second kappa shape index (κ2) is 13.9. The van der Waals surface area contributed by atoms with Gasteiger partial charge in [-0.15, -0.1) is 0 Å². The fraction of sp³-hybridized carbons (Fsp3) is 0.286. The van der Waals surface area contributed by atoms with Crippen LogP contribution in [0, 0.1) is 5.82 Å². The van der Waals surface area contributed by atoms with Crippen molar-refractivity contribution in [3.05, 3.63) is 99.8 Å². The van der Waals surface area contributed by atoms with E-state index in [1.807, 2.05) is 37.3 Å². The van der Waals surface area contributed by atoms with E-state index in [4.69, 9.17) is 27.9 Å². The lowest BCUT2D eigenvalue weighted by Gasteiger charge is -2.31. The molecule has 36 heavy (non-hydrogen) atoms. The summed E-state index contributed by atoms with van der Waals surface area (Å²) < 4.78 is 18.9. The van der Waals surface area contributed by atoms with Crippen LogP contribution in [0.15, 0.2) is 72.8 Å². The number of amides is 2. The molecule has 3 aromatic carbocycles. The van der Waals surface area contributed by atoms with Crippen LogP contribution in [-0.2, 0) is 22.6 Å². The van der Waals surface area contributed by atoms with Gasteiger partial charge in [0.15, 0.2) is 6.61 Å². The highest BCUT2D eigenvalue weighted by molar-refractivity contribution is 6.35. The maximum atomic E-state index is 13.5. The van der Waals surface area contributed by atoms with Gasteiger partial charge in [-0.05, 0) is 53.9 Å². The number of carbonyl (C=O) groups excluding carboxylic acids is 2. The van der Waals surface area contributed by atoms with Gasteiger partial charge in [0.05, 0.1) is 0 Å². The molecule has 8 heteroatoms. The molecule has 2 amide bonds. The van der Waals surface area contributed by atoms with Gasteiger partial charge in [0.25, 0.3) is 5.91 Å². The molecule has 1 atom stereocenters. The summed E-state index contributed by atoms with van der Waals surface area (Å²) in [6.45, 7) is 2.31. The molecular formula is C28H29Cl2FN2O3. The highest BCUT2D eigenvalue weighted by atomic mass is 35.5. The molecule has 0 fully saturated rings. The monoisotopic (exact) mass is 530 g/mol. The molecular weight excluding hydrogens is 502 g/mol. The number of halogens is 3. The quantitative estimate of drug-likeness (QED) is 0.289. The van der Waals surface area contributed by atoms with Crippen LogP contribution < -0.4 is 10.1 Å². The Labute approximate surface area is 221 Å². The van der Waals surface area contributed by atoms with Crippen LogP contribution in [0.1, 0.15) is 30.9 Å². The molecule has 3 rings (SSSR count). The van der Waals surface area contributed by atoms with Gasteiger partial charge in [-0.1, -0.05) is 72.9 Å². The minimum absolute atomic E-state index is 0.0836. The Hall–Kier alpha value is -3.09. The number of hydrogen-bond acceptors (Lipinski definition) is 3. The SMILES string of the molecule is CCCCNC(=O)C(Cc1ccccc1)N(Cc1ccc(Cl)cc1Cl)C(=O)COc1ccc(F)cc1. The zero-order chi connectivity index (χ0) is 25.9. The van der Waals surface area contributed by atoms with E-state index in [9.17, 15) is 14.0 Å². The van der Waals surface area contributed by atoms with E-state index in [0.717, 1.165) is 18.4 Å². The normalized spacial score (nSPS) is 11.6. The summed E-state index contributed by atoms with van der Waals surface area (Å²) >= 11 is 12.5. The maximum absolute atomic E-state index is 13.5. The predicted molar refractivity (Wildman–Crippen MR) is 141 cm³/mol. The van der Waals surface area contributed by atoms with Crippen LogP contribution in [0.5, 0.6) is 5.75 Å². The molecule has 0 heterocycles. The number of benzene rings is 3. The fourth-order valence-electron chi connectivity index (χ4n) is 3.65. The average Bonchev–Trinajstić information content (AvgIpc) is 2.87. The zero-order valence-corrected chi connectivity index (χ0v) is 21.6. The molecule has 1 N–H and O–H groups in total. The molecule has 0 spiro atoms. The first kappa shape index (κ1) is 27.5. The number of ether oxygens (including phenoxy) is 1. The van der Waals surface area contributed by atoms with Crippen molar-refractivity contribution in [3.8, 4) is 5.75 Å². The first-order valence-corrected chi connectivity index (χ1v) is 12.6. The third-order valence-corrected chi connectivity index (χ3v) is 6.22. The van der Waals surface area contributed by atoms with E-state index >= 15 is 0 Å². The Balaban J connectivity index is 1.90. The summed E-state index contributed by atoms with van der Waals surface area (Å²) in [4.78, 5) is 28.4. The van der Waals surface area contributed by atoms with Crippen molar-refractivity contribution in [3.63, 3.8) is 0 Å². The number of carbonyl (C=O) groups is 2. The summed E-state index contributed by atoms with van der Waals surface area (Å²) in [6, 6.07) is 19.1. The summed E-state index contributed by atoms with van der Waals surface area (Å²) in [5.41, 5.74) is 1.56. The van der Waals surface area contributed by atoms with E-state index in [-0.39, 0.29) is 19.1 Å². The maximum Gasteiger partial charge on any atom is 0.261 e. The van der Waals surface area contributed by atoms with Gasteiger partial charge >= 0.3 is 0 Å². The average molecular weight is 531 g/mol. The van der Waals surface area contributed by atoms with E-state index < -0.39 is 17.8 Å². The minimum Gasteiger partial charge on any atom is -0.484 e. The zero-order valence-electron chi connectivity index (χ0n) is 20.1. The molecule has 3 aromatic rings. The summed E-state index contributed by atoms with van der Waals surface area (Å²) in [7, 11) is 0. The molecule has 0 aromatic heterocycles. The van der Waals surface area contributed by atoms with Crippen molar-refractivity contribution in [1.82, 2.24) is 10.2 Å². The van der Waals surface area contributed by atoms with E-state index in [1.165, 1.54) is 29.2 Å².